The number of benzene rings is 1. The largest absolute Gasteiger partial charge is 0.490 e. The Labute approximate surface area is 134 Å². The van der Waals surface area contributed by atoms with Crippen LogP contribution in [0, 0.1) is 0 Å². The van der Waals surface area contributed by atoms with Gasteiger partial charge in [0.2, 0.25) is 11.8 Å². The molecule has 2 heterocycles. The molecular weight excluding hydrogens is 296 g/mol. The van der Waals surface area contributed by atoms with Gasteiger partial charge in [0.25, 0.3) is 0 Å². The quantitative estimate of drug-likeness (QED) is 0.917. The van der Waals surface area contributed by atoms with Crippen LogP contribution in [0.25, 0.3) is 0 Å². The summed E-state index contributed by atoms with van der Waals surface area (Å²) >= 11 is 0. The van der Waals surface area contributed by atoms with E-state index in [-0.39, 0.29) is 24.7 Å². The molecule has 0 fully saturated rings. The third-order valence-corrected chi connectivity index (χ3v) is 3.64. The maximum Gasteiger partial charge on any atom is 0.227 e. The molecule has 6 heteroatoms. The van der Waals surface area contributed by atoms with Crippen LogP contribution < -0.4 is 15.0 Å². The lowest BCUT2D eigenvalue weighted by Gasteiger charge is -2.29. The highest BCUT2D eigenvalue weighted by molar-refractivity contribution is 5.97. The molecule has 0 unspecified atom stereocenters. The van der Waals surface area contributed by atoms with Crippen molar-refractivity contribution in [3.63, 3.8) is 0 Å². The first-order chi connectivity index (χ1) is 11.2. The molecule has 6 nitrogen and oxygen atoms in total. The third kappa shape index (κ3) is 3.71. The van der Waals surface area contributed by atoms with Crippen LogP contribution in [0.4, 0.5) is 5.69 Å². The second-order valence-corrected chi connectivity index (χ2v) is 5.22. The van der Waals surface area contributed by atoms with Gasteiger partial charge in [0.1, 0.15) is 18.1 Å². The zero-order valence-electron chi connectivity index (χ0n) is 12.7. The van der Waals surface area contributed by atoms with Crippen LogP contribution in [-0.4, -0.2) is 25.0 Å². The van der Waals surface area contributed by atoms with Crippen molar-refractivity contribution in [3.8, 4) is 5.75 Å². The lowest BCUT2D eigenvalue weighted by Crippen LogP contribution is -2.38. The maximum atomic E-state index is 12.4. The Bertz CT molecular complexity index is 682. The van der Waals surface area contributed by atoms with Gasteiger partial charge in [-0.2, -0.15) is 0 Å². The molecule has 2 aromatic rings. The summed E-state index contributed by atoms with van der Waals surface area (Å²) in [5, 5.41) is 2.73. The number of rotatable bonds is 5. The van der Waals surface area contributed by atoms with E-state index in [0.29, 0.717) is 31.2 Å². The van der Waals surface area contributed by atoms with E-state index in [1.54, 1.807) is 23.3 Å². The van der Waals surface area contributed by atoms with Crippen LogP contribution in [0.1, 0.15) is 18.6 Å². The number of hydrogen-bond donors (Lipinski definition) is 1. The minimum Gasteiger partial charge on any atom is -0.490 e. The maximum absolute atomic E-state index is 12.4. The molecule has 1 N–H and O–H groups in total. The smallest absolute Gasteiger partial charge is 0.227 e. The number of carbonyl (C=O) groups is 2. The van der Waals surface area contributed by atoms with Gasteiger partial charge in [-0.05, 0) is 24.3 Å². The summed E-state index contributed by atoms with van der Waals surface area (Å²) in [5.74, 6) is 1.14. The van der Waals surface area contributed by atoms with Crippen LogP contribution in [0.15, 0.2) is 47.1 Å². The molecule has 1 aliphatic rings. The van der Waals surface area contributed by atoms with Crippen molar-refractivity contribution < 1.29 is 18.7 Å². The zero-order chi connectivity index (χ0) is 16.1. The molecule has 23 heavy (non-hydrogen) atoms. The van der Waals surface area contributed by atoms with Crippen LogP contribution in [-0.2, 0) is 16.1 Å². The molecule has 1 aromatic heterocycles. The Hall–Kier alpha value is -2.76. The van der Waals surface area contributed by atoms with Gasteiger partial charge in [0.15, 0.2) is 0 Å². The average Bonchev–Trinajstić information content (AvgIpc) is 3.11. The average molecular weight is 314 g/mol. The number of ether oxygens (including phenoxy) is 1. The standard InChI is InChI=1S/C17H18N2O4/c20-16(18-12-13-4-3-10-22-13)7-8-17(21)19-9-11-23-15-6-2-1-5-14(15)19/h1-6,10H,7-9,11-12H2,(H,18,20). The number of furan rings is 1. The van der Waals surface area contributed by atoms with E-state index >= 15 is 0 Å². The van der Waals surface area contributed by atoms with Gasteiger partial charge in [-0.3, -0.25) is 9.59 Å². The Morgan fingerprint density at radius 3 is 2.83 bits per heavy atom. The van der Waals surface area contributed by atoms with E-state index in [0.717, 1.165) is 5.69 Å². The van der Waals surface area contributed by atoms with Gasteiger partial charge >= 0.3 is 0 Å². The monoisotopic (exact) mass is 314 g/mol. The molecule has 2 amide bonds. The Kier molecular flexibility index (Phi) is 4.61. The van der Waals surface area contributed by atoms with Crippen molar-refractivity contribution in [2.75, 3.05) is 18.1 Å². The highest BCUT2D eigenvalue weighted by atomic mass is 16.5. The van der Waals surface area contributed by atoms with Crippen molar-refractivity contribution in [3.05, 3.63) is 48.4 Å². The predicted octanol–water partition coefficient (Wildman–Crippen LogP) is 2.10. The number of nitrogens with zero attached hydrogens (tertiary/aromatic N) is 1. The number of fused-ring (bicyclic) bond motifs is 1. The Morgan fingerprint density at radius 1 is 1.13 bits per heavy atom. The highest BCUT2D eigenvalue weighted by Crippen LogP contribution is 2.31. The fourth-order valence-electron chi connectivity index (χ4n) is 2.47. The molecule has 0 saturated carbocycles. The summed E-state index contributed by atoms with van der Waals surface area (Å²) in [6.45, 7) is 1.30. The minimum atomic E-state index is -0.170. The lowest BCUT2D eigenvalue weighted by molar-refractivity contribution is -0.125. The summed E-state index contributed by atoms with van der Waals surface area (Å²) in [6, 6.07) is 11.0. The molecular formula is C17H18N2O4. The van der Waals surface area contributed by atoms with E-state index in [4.69, 9.17) is 9.15 Å². The Balaban J connectivity index is 1.51. The molecule has 0 saturated heterocycles. The molecule has 0 radical (unpaired) electrons. The first-order valence-corrected chi connectivity index (χ1v) is 7.55. The molecule has 0 bridgehead atoms. The van der Waals surface area contributed by atoms with E-state index in [9.17, 15) is 9.59 Å². The SMILES string of the molecule is O=C(CCC(=O)N1CCOc2ccccc21)NCc1ccco1. The van der Waals surface area contributed by atoms with Gasteiger partial charge in [0.05, 0.1) is 25.0 Å². The summed E-state index contributed by atoms with van der Waals surface area (Å²) in [5.41, 5.74) is 0.764. The minimum absolute atomic E-state index is 0.0751. The highest BCUT2D eigenvalue weighted by Gasteiger charge is 2.23. The van der Waals surface area contributed by atoms with Gasteiger partial charge < -0.3 is 19.4 Å². The van der Waals surface area contributed by atoms with E-state index in [2.05, 4.69) is 5.32 Å². The molecule has 120 valence electrons. The molecule has 0 atom stereocenters. The fourth-order valence-corrected chi connectivity index (χ4v) is 2.47. The zero-order valence-corrected chi connectivity index (χ0v) is 12.7. The van der Waals surface area contributed by atoms with E-state index in [1.165, 1.54) is 0 Å². The molecule has 1 aliphatic heterocycles. The van der Waals surface area contributed by atoms with Crippen molar-refractivity contribution in [1.29, 1.82) is 0 Å². The second-order valence-electron chi connectivity index (χ2n) is 5.22. The molecule has 3 rings (SSSR count). The van der Waals surface area contributed by atoms with Crippen LogP contribution >= 0.6 is 0 Å². The summed E-state index contributed by atoms with van der Waals surface area (Å²) in [6.07, 6.45) is 1.87. The van der Waals surface area contributed by atoms with Gasteiger partial charge in [-0.15, -0.1) is 0 Å². The van der Waals surface area contributed by atoms with E-state index in [1.807, 2.05) is 24.3 Å². The van der Waals surface area contributed by atoms with Crippen LogP contribution in [0.5, 0.6) is 5.75 Å². The second kappa shape index (κ2) is 7.00. The van der Waals surface area contributed by atoms with Crippen LogP contribution in [0.2, 0.25) is 0 Å². The predicted molar refractivity (Wildman–Crippen MR) is 84.1 cm³/mol. The first-order valence-electron chi connectivity index (χ1n) is 7.55. The molecule has 0 spiro atoms. The van der Waals surface area contributed by atoms with Crippen molar-refractivity contribution in [2.45, 2.75) is 19.4 Å². The van der Waals surface area contributed by atoms with Gasteiger partial charge in [0, 0.05) is 12.8 Å². The number of hydrogen-bond acceptors (Lipinski definition) is 4. The Morgan fingerprint density at radius 2 is 2.00 bits per heavy atom. The number of anilines is 1. The first kappa shape index (κ1) is 15.1. The van der Waals surface area contributed by atoms with E-state index < -0.39 is 0 Å². The van der Waals surface area contributed by atoms with Crippen molar-refractivity contribution in [1.82, 2.24) is 5.32 Å². The third-order valence-electron chi connectivity index (χ3n) is 3.64. The molecule has 1 aromatic carbocycles. The fraction of sp³-hybridized carbons (Fsp3) is 0.294. The van der Waals surface area contributed by atoms with Gasteiger partial charge in [-0.25, -0.2) is 0 Å². The molecule has 0 aliphatic carbocycles. The van der Waals surface area contributed by atoms with Gasteiger partial charge in [-0.1, -0.05) is 12.1 Å². The number of amides is 2. The number of para-hydroxylation sites is 2. The normalized spacial score (nSPS) is 13.1. The van der Waals surface area contributed by atoms with Crippen molar-refractivity contribution in [2.24, 2.45) is 0 Å². The lowest BCUT2D eigenvalue weighted by atomic mass is 10.2. The number of carbonyl (C=O) groups excluding carboxylic acids is 2. The van der Waals surface area contributed by atoms with Crippen molar-refractivity contribution >= 4 is 17.5 Å². The number of nitrogens with one attached hydrogen (secondary N) is 1. The summed E-state index contributed by atoms with van der Waals surface area (Å²) in [7, 11) is 0. The van der Waals surface area contributed by atoms with Crippen LogP contribution in [0.3, 0.4) is 0 Å². The summed E-state index contributed by atoms with van der Waals surface area (Å²) < 4.78 is 10.7. The topological polar surface area (TPSA) is 71.8 Å². The summed E-state index contributed by atoms with van der Waals surface area (Å²) in [4.78, 5) is 25.9.